The number of nitrogens with one attached hydrogen (secondary N) is 1. The number of anilines is 1. The van der Waals surface area contributed by atoms with Crippen LogP contribution in [-0.4, -0.2) is 10.6 Å². The molecule has 0 saturated heterocycles. The monoisotopic (exact) mass is 283 g/mol. The third kappa shape index (κ3) is 3.66. The molecule has 108 valence electrons. The summed E-state index contributed by atoms with van der Waals surface area (Å²) in [5, 5.41) is 15.0. The Morgan fingerprint density at radius 1 is 1.19 bits per heavy atom. The lowest BCUT2D eigenvalue weighted by atomic mass is 10.0. The molecule has 0 aliphatic heterocycles. The summed E-state index contributed by atoms with van der Waals surface area (Å²) in [6, 6.07) is 12.4. The Hall–Kier alpha value is -2.69. The van der Waals surface area contributed by atoms with Crippen LogP contribution in [0.15, 0.2) is 47.6 Å². The number of rotatable bonds is 4. The summed E-state index contributed by atoms with van der Waals surface area (Å²) < 4.78 is 0. The summed E-state index contributed by atoms with van der Waals surface area (Å²) in [4.78, 5) is 10.3. The third-order valence-electron chi connectivity index (χ3n) is 3.18. The average Bonchev–Trinajstić information content (AvgIpc) is 2.45. The van der Waals surface area contributed by atoms with Gasteiger partial charge in [0.15, 0.2) is 0 Å². The molecule has 0 aliphatic rings. The van der Waals surface area contributed by atoms with Crippen molar-refractivity contribution in [3.63, 3.8) is 0 Å². The fourth-order valence-electron chi connectivity index (χ4n) is 2.12. The van der Waals surface area contributed by atoms with Gasteiger partial charge >= 0.3 is 0 Å². The van der Waals surface area contributed by atoms with Crippen LogP contribution >= 0.6 is 0 Å². The number of nitrogens with zero attached hydrogens (tertiary/aromatic N) is 2. The van der Waals surface area contributed by atoms with Gasteiger partial charge in [0.05, 0.1) is 16.3 Å². The van der Waals surface area contributed by atoms with E-state index >= 15 is 0 Å². The summed E-state index contributed by atoms with van der Waals surface area (Å²) in [6.45, 7) is 5.99. The van der Waals surface area contributed by atoms with Crippen LogP contribution in [0, 0.1) is 24.0 Å². The maximum atomic E-state index is 10.7. The first kappa shape index (κ1) is 14.7. The van der Waals surface area contributed by atoms with Crippen LogP contribution in [0.5, 0.6) is 0 Å². The maximum absolute atomic E-state index is 10.7. The van der Waals surface area contributed by atoms with Gasteiger partial charge in [-0.25, -0.2) is 0 Å². The van der Waals surface area contributed by atoms with E-state index in [1.807, 2.05) is 32.9 Å². The van der Waals surface area contributed by atoms with Gasteiger partial charge in [-0.15, -0.1) is 0 Å². The smallest absolute Gasteiger partial charge is 0.271 e. The highest BCUT2D eigenvalue weighted by molar-refractivity contribution is 6.00. The van der Waals surface area contributed by atoms with Crippen molar-refractivity contribution in [3.05, 3.63) is 69.3 Å². The number of hydrogen-bond donors (Lipinski definition) is 1. The number of nitro groups is 1. The largest absolute Gasteiger partial charge is 0.278 e. The van der Waals surface area contributed by atoms with E-state index in [1.54, 1.807) is 12.1 Å². The number of aryl methyl sites for hydroxylation is 2. The Balaban J connectivity index is 2.20. The number of hydrazone groups is 1. The highest BCUT2D eigenvalue weighted by Gasteiger charge is 2.06. The first-order valence-corrected chi connectivity index (χ1v) is 6.60. The number of hydrogen-bond acceptors (Lipinski definition) is 4. The molecule has 2 aromatic rings. The lowest BCUT2D eigenvalue weighted by Crippen LogP contribution is -2.02. The lowest BCUT2D eigenvalue weighted by molar-refractivity contribution is -0.384. The zero-order valence-corrected chi connectivity index (χ0v) is 12.3. The molecule has 0 unspecified atom stereocenters. The lowest BCUT2D eigenvalue weighted by Gasteiger charge is -2.07. The van der Waals surface area contributed by atoms with Crippen LogP contribution in [0.25, 0.3) is 0 Å². The molecule has 0 aliphatic carbocycles. The third-order valence-corrected chi connectivity index (χ3v) is 3.18. The second kappa shape index (κ2) is 6.17. The fourth-order valence-corrected chi connectivity index (χ4v) is 2.12. The van der Waals surface area contributed by atoms with Crippen LogP contribution in [-0.2, 0) is 0 Å². The molecule has 21 heavy (non-hydrogen) atoms. The van der Waals surface area contributed by atoms with Crippen molar-refractivity contribution >= 4 is 17.1 Å². The SMILES string of the molecule is C/C(=N\Nc1cccc([N+](=O)[O-])c1)c1ccc(C)cc1C. The zero-order valence-electron chi connectivity index (χ0n) is 12.3. The van der Waals surface area contributed by atoms with Crippen molar-refractivity contribution in [2.75, 3.05) is 5.43 Å². The summed E-state index contributed by atoms with van der Waals surface area (Å²) >= 11 is 0. The standard InChI is InChI=1S/C16H17N3O2/c1-11-7-8-16(12(2)9-11)13(3)17-18-14-5-4-6-15(10-14)19(20)21/h4-10,18H,1-3H3/b17-13+. The first-order valence-electron chi connectivity index (χ1n) is 6.60. The van der Waals surface area contributed by atoms with E-state index in [2.05, 4.69) is 16.6 Å². The molecule has 2 aromatic carbocycles. The van der Waals surface area contributed by atoms with E-state index in [1.165, 1.54) is 17.7 Å². The van der Waals surface area contributed by atoms with Crippen molar-refractivity contribution in [1.82, 2.24) is 0 Å². The molecule has 0 bridgehead atoms. The van der Waals surface area contributed by atoms with E-state index in [4.69, 9.17) is 0 Å². The van der Waals surface area contributed by atoms with Crippen molar-refractivity contribution in [2.24, 2.45) is 5.10 Å². The zero-order chi connectivity index (χ0) is 15.4. The van der Waals surface area contributed by atoms with Crippen molar-refractivity contribution in [3.8, 4) is 0 Å². The van der Waals surface area contributed by atoms with Crippen LogP contribution in [0.1, 0.15) is 23.6 Å². The molecule has 0 amide bonds. The van der Waals surface area contributed by atoms with Gasteiger partial charge in [0.1, 0.15) is 0 Å². The molecule has 0 radical (unpaired) electrons. The van der Waals surface area contributed by atoms with Crippen molar-refractivity contribution < 1.29 is 4.92 Å². The number of nitro benzene ring substituents is 1. The molecular formula is C16H17N3O2. The minimum Gasteiger partial charge on any atom is -0.278 e. The molecule has 0 atom stereocenters. The summed E-state index contributed by atoms with van der Waals surface area (Å²) in [6.07, 6.45) is 0. The molecular weight excluding hydrogens is 266 g/mol. The molecule has 0 aromatic heterocycles. The molecule has 0 heterocycles. The van der Waals surface area contributed by atoms with Gasteiger partial charge in [0.2, 0.25) is 0 Å². The van der Waals surface area contributed by atoms with Gasteiger partial charge in [-0.1, -0.05) is 29.8 Å². The predicted octanol–water partition coefficient (Wildman–Crippen LogP) is 4.05. The van der Waals surface area contributed by atoms with Gasteiger partial charge in [-0.2, -0.15) is 5.10 Å². The summed E-state index contributed by atoms with van der Waals surface area (Å²) in [7, 11) is 0. The second-order valence-corrected chi connectivity index (χ2v) is 4.93. The minimum atomic E-state index is -0.425. The van der Waals surface area contributed by atoms with Crippen LogP contribution in [0.4, 0.5) is 11.4 Å². The van der Waals surface area contributed by atoms with Crippen LogP contribution in [0.3, 0.4) is 0 Å². The topological polar surface area (TPSA) is 67.5 Å². The van der Waals surface area contributed by atoms with Crippen LogP contribution < -0.4 is 5.43 Å². The van der Waals surface area contributed by atoms with Crippen molar-refractivity contribution in [1.29, 1.82) is 0 Å². The minimum absolute atomic E-state index is 0.0411. The van der Waals surface area contributed by atoms with Crippen molar-refractivity contribution in [2.45, 2.75) is 20.8 Å². The van der Waals surface area contributed by atoms with Gasteiger partial charge in [0.25, 0.3) is 5.69 Å². The van der Waals surface area contributed by atoms with Gasteiger partial charge < -0.3 is 0 Å². The molecule has 1 N–H and O–H groups in total. The number of benzene rings is 2. The summed E-state index contributed by atoms with van der Waals surface area (Å²) in [5.74, 6) is 0. The average molecular weight is 283 g/mol. The van der Waals surface area contributed by atoms with Gasteiger partial charge in [-0.3, -0.25) is 15.5 Å². The van der Waals surface area contributed by atoms with E-state index in [0.29, 0.717) is 5.69 Å². The molecule has 0 fully saturated rings. The maximum Gasteiger partial charge on any atom is 0.271 e. The Bertz CT molecular complexity index is 708. The highest BCUT2D eigenvalue weighted by atomic mass is 16.6. The molecule has 0 spiro atoms. The Morgan fingerprint density at radius 2 is 1.95 bits per heavy atom. The Labute approximate surface area is 123 Å². The van der Waals surface area contributed by atoms with E-state index < -0.39 is 4.92 Å². The Morgan fingerprint density at radius 3 is 2.62 bits per heavy atom. The fraction of sp³-hybridized carbons (Fsp3) is 0.188. The van der Waals surface area contributed by atoms with E-state index in [0.717, 1.165) is 16.8 Å². The highest BCUT2D eigenvalue weighted by Crippen LogP contribution is 2.17. The molecule has 5 heteroatoms. The first-order chi connectivity index (χ1) is 9.97. The number of non-ortho nitro benzene ring substituents is 1. The predicted molar refractivity (Wildman–Crippen MR) is 84.8 cm³/mol. The van der Waals surface area contributed by atoms with Gasteiger partial charge in [-0.05, 0) is 32.4 Å². The molecule has 2 rings (SSSR count). The van der Waals surface area contributed by atoms with Gasteiger partial charge in [0, 0.05) is 17.7 Å². The summed E-state index contributed by atoms with van der Waals surface area (Å²) in [5.41, 5.74) is 7.74. The molecule has 5 nitrogen and oxygen atoms in total. The quantitative estimate of drug-likeness (QED) is 0.523. The van der Waals surface area contributed by atoms with Crippen LogP contribution in [0.2, 0.25) is 0 Å². The normalized spacial score (nSPS) is 11.3. The molecule has 0 saturated carbocycles. The van der Waals surface area contributed by atoms with E-state index in [9.17, 15) is 10.1 Å². The van der Waals surface area contributed by atoms with E-state index in [-0.39, 0.29) is 5.69 Å². The second-order valence-electron chi connectivity index (χ2n) is 4.93. The Kier molecular flexibility index (Phi) is 4.33.